The van der Waals surface area contributed by atoms with Gasteiger partial charge in [0.05, 0.1) is 6.04 Å². The Labute approximate surface area is 111 Å². The summed E-state index contributed by atoms with van der Waals surface area (Å²) in [5.74, 6) is 0.148. The van der Waals surface area contributed by atoms with Gasteiger partial charge in [-0.15, -0.1) is 0 Å². The molecule has 1 atom stereocenters. The van der Waals surface area contributed by atoms with E-state index in [0.29, 0.717) is 5.41 Å². The summed E-state index contributed by atoms with van der Waals surface area (Å²) >= 11 is 0. The molecule has 0 aromatic carbocycles. The molecule has 1 heterocycles. The van der Waals surface area contributed by atoms with Gasteiger partial charge in [0.1, 0.15) is 0 Å². The molecule has 0 radical (unpaired) electrons. The Hall–Kier alpha value is -0.570. The highest BCUT2D eigenvalue weighted by Crippen LogP contribution is 2.46. The van der Waals surface area contributed by atoms with Crippen LogP contribution < -0.4 is 5.73 Å². The lowest BCUT2D eigenvalue weighted by Gasteiger charge is -2.41. The van der Waals surface area contributed by atoms with Crippen LogP contribution in [0.25, 0.3) is 0 Å². The van der Waals surface area contributed by atoms with E-state index >= 15 is 0 Å². The first-order valence-corrected chi connectivity index (χ1v) is 7.39. The molecule has 0 unspecified atom stereocenters. The van der Waals surface area contributed by atoms with Gasteiger partial charge in [-0.05, 0) is 36.5 Å². The molecule has 1 saturated heterocycles. The van der Waals surface area contributed by atoms with Gasteiger partial charge >= 0.3 is 0 Å². The Morgan fingerprint density at radius 1 is 1.11 bits per heavy atom. The van der Waals surface area contributed by atoms with Crippen LogP contribution in [-0.2, 0) is 4.79 Å². The van der Waals surface area contributed by atoms with E-state index in [1.165, 1.54) is 38.5 Å². The van der Waals surface area contributed by atoms with E-state index in [-0.39, 0.29) is 17.4 Å². The molecule has 2 fully saturated rings. The van der Waals surface area contributed by atoms with Crippen LogP contribution in [0.2, 0.25) is 0 Å². The van der Waals surface area contributed by atoms with E-state index in [4.69, 9.17) is 5.73 Å². The number of nitrogens with two attached hydrogens (primary N) is 1. The average Bonchev–Trinajstić information content (AvgIpc) is 2.75. The minimum absolute atomic E-state index is 0.139. The summed E-state index contributed by atoms with van der Waals surface area (Å²) < 4.78 is 0. The van der Waals surface area contributed by atoms with Gasteiger partial charge in [-0.2, -0.15) is 0 Å². The monoisotopic (exact) mass is 252 g/mol. The molecule has 18 heavy (non-hydrogen) atoms. The fourth-order valence-electron chi connectivity index (χ4n) is 3.39. The zero-order valence-corrected chi connectivity index (χ0v) is 12.2. The van der Waals surface area contributed by atoms with Crippen LogP contribution >= 0.6 is 0 Å². The minimum Gasteiger partial charge on any atom is -0.341 e. The number of carbonyl (C=O) groups excluding carboxylic acids is 1. The molecule has 3 nitrogen and oxygen atoms in total. The van der Waals surface area contributed by atoms with Gasteiger partial charge in [-0.3, -0.25) is 4.79 Å². The minimum atomic E-state index is -0.366. The molecule has 1 saturated carbocycles. The molecule has 2 N–H and O–H groups in total. The summed E-state index contributed by atoms with van der Waals surface area (Å²) in [5.41, 5.74) is 6.51. The highest BCUT2D eigenvalue weighted by molar-refractivity contribution is 5.82. The number of carbonyl (C=O) groups is 1. The summed E-state index contributed by atoms with van der Waals surface area (Å²) in [7, 11) is 0. The summed E-state index contributed by atoms with van der Waals surface area (Å²) in [6.45, 7) is 7.96. The molecule has 2 aliphatic rings. The van der Waals surface area contributed by atoms with Crippen molar-refractivity contribution in [2.24, 2.45) is 16.6 Å². The number of piperidine rings is 1. The maximum Gasteiger partial charge on any atom is 0.240 e. The van der Waals surface area contributed by atoms with E-state index in [0.717, 1.165) is 13.1 Å². The molecule has 104 valence electrons. The largest absolute Gasteiger partial charge is 0.341 e. The molecule has 1 aliphatic carbocycles. The highest BCUT2D eigenvalue weighted by Gasteiger charge is 2.40. The number of nitrogens with zero attached hydrogens (tertiary/aromatic N) is 1. The van der Waals surface area contributed by atoms with Crippen LogP contribution in [0.4, 0.5) is 0 Å². The highest BCUT2D eigenvalue weighted by atomic mass is 16.2. The van der Waals surface area contributed by atoms with Crippen LogP contribution in [0.1, 0.15) is 59.3 Å². The lowest BCUT2D eigenvalue weighted by molar-refractivity contribution is -0.137. The Balaban J connectivity index is 1.91. The van der Waals surface area contributed by atoms with Crippen molar-refractivity contribution >= 4 is 5.91 Å². The van der Waals surface area contributed by atoms with Gasteiger partial charge in [-0.1, -0.05) is 33.6 Å². The van der Waals surface area contributed by atoms with Crippen LogP contribution in [0.15, 0.2) is 0 Å². The van der Waals surface area contributed by atoms with E-state index in [2.05, 4.69) is 0 Å². The van der Waals surface area contributed by atoms with Gasteiger partial charge in [0.25, 0.3) is 0 Å². The van der Waals surface area contributed by atoms with Gasteiger partial charge in [0.2, 0.25) is 5.91 Å². The zero-order chi connectivity index (χ0) is 13.4. The third-order valence-electron chi connectivity index (χ3n) is 5.00. The van der Waals surface area contributed by atoms with Crippen molar-refractivity contribution < 1.29 is 4.79 Å². The van der Waals surface area contributed by atoms with Crippen molar-refractivity contribution in [3.63, 3.8) is 0 Å². The number of rotatable bonds is 1. The van der Waals surface area contributed by atoms with E-state index in [1.54, 1.807) is 0 Å². The summed E-state index contributed by atoms with van der Waals surface area (Å²) in [6, 6.07) is -0.366. The lowest BCUT2D eigenvalue weighted by Crippen LogP contribution is -2.53. The third-order valence-corrected chi connectivity index (χ3v) is 5.00. The Kier molecular flexibility index (Phi) is 3.72. The molecule has 3 heteroatoms. The molecule has 0 aromatic rings. The van der Waals surface area contributed by atoms with Crippen molar-refractivity contribution in [1.29, 1.82) is 0 Å². The fraction of sp³-hybridized carbons (Fsp3) is 0.933. The lowest BCUT2D eigenvalue weighted by atomic mass is 9.76. The van der Waals surface area contributed by atoms with Crippen molar-refractivity contribution in [3.8, 4) is 0 Å². The number of likely N-dealkylation sites (tertiary alicyclic amines) is 1. The summed E-state index contributed by atoms with van der Waals surface area (Å²) in [5, 5.41) is 0. The Morgan fingerprint density at radius 3 is 2.06 bits per heavy atom. The van der Waals surface area contributed by atoms with Gasteiger partial charge in [-0.25, -0.2) is 0 Å². The normalized spacial score (nSPS) is 25.4. The first kappa shape index (κ1) is 13.9. The predicted molar refractivity (Wildman–Crippen MR) is 74.1 cm³/mol. The van der Waals surface area contributed by atoms with Crippen LogP contribution in [0.3, 0.4) is 0 Å². The van der Waals surface area contributed by atoms with Crippen molar-refractivity contribution in [2.45, 2.75) is 65.3 Å². The molecule has 1 spiro atoms. The van der Waals surface area contributed by atoms with Crippen molar-refractivity contribution in [2.75, 3.05) is 13.1 Å². The molecule has 2 rings (SSSR count). The molecule has 0 aromatic heterocycles. The van der Waals surface area contributed by atoms with Gasteiger partial charge in [0, 0.05) is 13.1 Å². The Morgan fingerprint density at radius 2 is 1.61 bits per heavy atom. The van der Waals surface area contributed by atoms with Gasteiger partial charge in [0.15, 0.2) is 0 Å². The molecular weight excluding hydrogens is 224 g/mol. The van der Waals surface area contributed by atoms with E-state index in [1.807, 2.05) is 25.7 Å². The second kappa shape index (κ2) is 4.84. The topological polar surface area (TPSA) is 46.3 Å². The molecular formula is C15H28N2O. The maximum absolute atomic E-state index is 12.3. The quantitative estimate of drug-likeness (QED) is 0.779. The standard InChI is InChI=1S/C15H28N2O/c1-14(2,3)12(16)13(18)17-10-8-15(9-11-17)6-4-5-7-15/h12H,4-11,16H2,1-3H3/t12-/m0/s1. The van der Waals surface area contributed by atoms with Crippen LogP contribution in [0.5, 0.6) is 0 Å². The van der Waals surface area contributed by atoms with Crippen LogP contribution in [-0.4, -0.2) is 29.9 Å². The molecule has 1 aliphatic heterocycles. The number of amides is 1. The summed E-state index contributed by atoms with van der Waals surface area (Å²) in [6.07, 6.45) is 7.90. The molecule has 0 bridgehead atoms. The molecule has 1 amide bonds. The van der Waals surface area contributed by atoms with E-state index < -0.39 is 0 Å². The maximum atomic E-state index is 12.3. The van der Waals surface area contributed by atoms with Crippen molar-refractivity contribution in [1.82, 2.24) is 4.90 Å². The third kappa shape index (κ3) is 2.71. The second-order valence-electron chi connectivity index (χ2n) is 7.38. The smallest absolute Gasteiger partial charge is 0.240 e. The zero-order valence-electron chi connectivity index (χ0n) is 12.2. The average molecular weight is 252 g/mol. The summed E-state index contributed by atoms with van der Waals surface area (Å²) in [4.78, 5) is 14.3. The number of hydrogen-bond acceptors (Lipinski definition) is 2. The van der Waals surface area contributed by atoms with Crippen molar-refractivity contribution in [3.05, 3.63) is 0 Å². The SMILES string of the molecule is CC(C)(C)[C@@H](N)C(=O)N1CCC2(CCCC2)CC1. The first-order valence-electron chi connectivity index (χ1n) is 7.39. The fourth-order valence-corrected chi connectivity index (χ4v) is 3.39. The predicted octanol–water partition coefficient (Wildman–Crippen LogP) is 2.54. The second-order valence-corrected chi connectivity index (χ2v) is 7.38. The Bertz CT molecular complexity index is 303. The number of hydrogen-bond donors (Lipinski definition) is 1. The first-order chi connectivity index (χ1) is 8.34. The van der Waals surface area contributed by atoms with Gasteiger partial charge < -0.3 is 10.6 Å². The van der Waals surface area contributed by atoms with E-state index in [9.17, 15) is 4.79 Å². The van der Waals surface area contributed by atoms with Crippen LogP contribution in [0, 0.1) is 10.8 Å².